The zero-order chi connectivity index (χ0) is 13.8. The summed E-state index contributed by atoms with van der Waals surface area (Å²) in [5.74, 6) is -0.110. The van der Waals surface area contributed by atoms with Crippen molar-refractivity contribution in [1.82, 2.24) is 14.7 Å². The van der Waals surface area contributed by atoms with E-state index in [0.29, 0.717) is 17.7 Å². The molecule has 1 amide bonds. The maximum Gasteiger partial charge on any atom is 0.253 e. The highest BCUT2D eigenvalue weighted by molar-refractivity contribution is 5.94. The molecule has 5 heteroatoms. The Morgan fingerprint density at radius 1 is 1.53 bits per heavy atom. The fourth-order valence-corrected chi connectivity index (χ4v) is 1.84. The van der Waals surface area contributed by atoms with E-state index in [9.17, 15) is 4.79 Å². The first-order valence-electron chi connectivity index (χ1n) is 5.83. The van der Waals surface area contributed by atoms with Crippen molar-refractivity contribution in [3.05, 3.63) is 53.3 Å². The Kier molecular flexibility index (Phi) is 3.62. The van der Waals surface area contributed by atoms with Gasteiger partial charge in [0.05, 0.1) is 17.8 Å². The summed E-state index contributed by atoms with van der Waals surface area (Å²) in [4.78, 5) is 13.8. The highest BCUT2D eigenvalue weighted by Crippen LogP contribution is 2.09. The maximum atomic E-state index is 12.2. The molecule has 1 aromatic heterocycles. The lowest BCUT2D eigenvalue weighted by Gasteiger charge is -2.16. The smallest absolute Gasteiger partial charge is 0.253 e. The molecule has 5 nitrogen and oxygen atoms in total. The van der Waals surface area contributed by atoms with E-state index >= 15 is 0 Å². The van der Waals surface area contributed by atoms with Crippen LogP contribution in [0.25, 0.3) is 0 Å². The van der Waals surface area contributed by atoms with Crippen LogP contribution in [0.4, 0.5) is 0 Å². The van der Waals surface area contributed by atoms with E-state index in [4.69, 9.17) is 5.26 Å². The Morgan fingerprint density at radius 2 is 2.32 bits per heavy atom. The molecule has 1 heterocycles. The highest BCUT2D eigenvalue weighted by atomic mass is 16.2. The average molecular weight is 254 g/mol. The largest absolute Gasteiger partial charge is 0.337 e. The first-order valence-corrected chi connectivity index (χ1v) is 5.83. The van der Waals surface area contributed by atoms with Gasteiger partial charge in [-0.25, -0.2) is 0 Å². The number of hydrogen-bond donors (Lipinski definition) is 0. The highest BCUT2D eigenvalue weighted by Gasteiger charge is 2.13. The van der Waals surface area contributed by atoms with Crippen molar-refractivity contribution in [1.29, 1.82) is 5.26 Å². The third-order valence-corrected chi connectivity index (χ3v) is 2.76. The molecule has 0 fully saturated rings. The van der Waals surface area contributed by atoms with Gasteiger partial charge in [-0.1, -0.05) is 6.07 Å². The molecule has 0 radical (unpaired) electrons. The van der Waals surface area contributed by atoms with E-state index < -0.39 is 0 Å². The summed E-state index contributed by atoms with van der Waals surface area (Å²) in [6.07, 6.45) is 3.60. The summed E-state index contributed by atoms with van der Waals surface area (Å²) in [6.45, 7) is 0.490. The first-order chi connectivity index (χ1) is 9.10. The topological polar surface area (TPSA) is 61.9 Å². The number of aryl methyl sites for hydroxylation is 1. The van der Waals surface area contributed by atoms with Gasteiger partial charge in [-0.3, -0.25) is 9.48 Å². The second-order valence-corrected chi connectivity index (χ2v) is 4.38. The average Bonchev–Trinajstić information content (AvgIpc) is 2.83. The summed E-state index contributed by atoms with van der Waals surface area (Å²) in [7, 11) is 3.57. The molecule has 0 unspecified atom stereocenters. The molecule has 0 saturated heterocycles. The number of rotatable bonds is 3. The van der Waals surface area contributed by atoms with Crippen molar-refractivity contribution in [3.8, 4) is 6.07 Å². The van der Waals surface area contributed by atoms with Crippen LogP contribution in [-0.2, 0) is 13.6 Å². The van der Waals surface area contributed by atoms with Gasteiger partial charge in [-0.2, -0.15) is 10.4 Å². The molecular formula is C14H14N4O. The Morgan fingerprint density at radius 3 is 2.95 bits per heavy atom. The minimum absolute atomic E-state index is 0.110. The zero-order valence-electron chi connectivity index (χ0n) is 10.9. The van der Waals surface area contributed by atoms with Gasteiger partial charge in [0.1, 0.15) is 0 Å². The van der Waals surface area contributed by atoms with E-state index in [1.165, 1.54) is 0 Å². The Hall–Kier alpha value is -2.61. The molecule has 0 N–H and O–H groups in total. The van der Waals surface area contributed by atoms with Gasteiger partial charge >= 0.3 is 0 Å². The lowest BCUT2D eigenvalue weighted by atomic mass is 10.1. The van der Waals surface area contributed by atoms with E-state index in [1.54, 1.807) is 47.1 Å². The molecule has 19 heavy (non-hydrogen) atoms. The molecule has 2 aromatic rings. The molecule has 0 atom stereocenters. The summed E-state index contributed by atoms with van der Waals surface area (Å²) in [6, 6.07) is 8.73. The molecule has 0 aliphatic heterocycles. The summed E-state index contributed by atoms with van der Waals surface area (Å²) in [5, 5.41) is 12.9. The van der Waals surface area contributed by atoms with Gasteiger partial charge in [0, 0.05) is 38.0 Å². The van der Waals surface area contributed by atoms with Gasteiger partial charge in [0.25, 0.3) is 5.91 Å². The SMILES string of the molecule is CN(Cc1cnn(C)c1)C(=O)c1cccc(C#N)c1. The molecule has 0 spiro atoms. The van der Waals surface area contributed by atoms with Crippen LogP contribution >= 0.6 is 0 Å². The van der Waals surface area contributed by atoms with Crippen molar-refractivity contribution in [2.24, 2.45) is 7.05 Å². The van der Waals surface area contributed by atoms with E-state index in [0.717, 1.165) is 5.56 Å². The molecule has 96 valence electrons. The lowest BCUT2D eigenvalue weighted by Crippen LogP contribution is -2.26. The van der Waals surface area contributed by atoms with Crippen LogP contribution < -0.4 is 0 Å². The molecule has 0 aliphatic carbocycles. The van der Waals surface area contributed by atoms with Gasteiger partial charge in [0.15, 0.2) is 0 Å². The van der Waals surface area contributed by atoms with Crippen molar-refractivity contribution in [2.75, 3.05) is 7.05 Å². The van der Waals surface area contributed by atoms with Crippen LogP contribution in [0.5, 0.6) is 0 Å². The monoisotopic (exact) mass is 254 g/mol. The number of carbonyl (C=O) groups excluding carboxylic acids is 1. The molecule has 2 rings (SSSR count). The van der Waals surface area contributed by atoms with E-state index in [2.05, 4.69) is 5.10 Å². The lowest BCUT2D eigenvalue weighted by molar-refractivity contribution is 0.0785. The fraction of sp³-hybridized carbons (Fsp3) is 0.214. The van der Waals surface area contributed by atoms with Crippen molar-refractivity contribution in [3.63, 3.8) is 0 Å². The number of amides is 1. The van der Waals surface area contributed by atoms with Crippen molar-refractivity contribution >= 4 is 5.91 Å². The molecule has 0 saturated carbocycles. The Balaban J connectivity index is 2.12. The second kappa shape index (κ2) is 5.36. The van der Waals surface area contributed by atoms with Crippen molar-refractivity contribution < 1.29 is 4.79 Å². The van der Waals surface area contributed by atoms with Crippen LogP contribution in [0.2, 0.25) is 0 Å². The standard InChI is InChI=1S/C14H14N4O/c1-17(9-12-8-16-18(2)10-12)14(19)13-5-3-4-11(6-13)7-15/h3-6,8,10H,9H2,1-2H3. The van der Waals surface area contributed by atoms with E-state index in [1.807, 2.05) is 19.3 Å². The minimum atomic E-state index is -0.110. The number of carbonyl (C=O) groups is 1. The van der Waals surface area contributed by atoms with Gasteiger partial charge in [-0.15, -0.1) is 0 Å². The van der Waals surface area contributed by atoms with Gasteiger partial charge < -0.3 is 4.90 Å². The van der Waals surface area contributed by atoms with Gasteiger partial charge in [-0.05, 0) is 18.2 Å². The van der Waals surface area contributed by atoms with Crippen LogP contribution in [-0.4, -0.2) is 27.6 Å². The maximum absolute atomic E-state index is 12.2. The van der Waals surface area contributed by atoms with Crippen LogP contribution in [0.15, 0.2) is 36.7 Å². The number of nitriles is 1. The Labute approximate surface area is 111 Å². The fourth-order valence-electron chi connectivity index (χ4n) is 1.84. The number of hydrogen-bond acceptors (Lipinski definition) is 3. The first kappa shape index (κ1) is 12.8. The summed E-state index contributed by atoms with van der Waals surface area (Å²) in [5.41, 5.74) is 1.97. The number of nitrogens with zero attached hydrogens (tertiary/aromatic N) is 4. The predicted octanol–water partition coefficient (Wildman–Crippen LogP) is 1.56. The zero-order valence-corrected chi connectivity index (χ0v) is 10.9. The third-order valence-electron chi connectivity index (χ3n) is 2.76. The van der Waals surface area contributed by atoms with E-state index in [-0.39, 0.29) is 5.91 Å². The van der Waals surface area contributed by atoms with Crippen molar-refractivity contribution in [2.45, 2.75) is 6.54 Å². The number of aromatic nitrogens is 2. The van der Waals surface area contributed by atoms with Gasteiger partial charge in [0.2, 0.25) is 0 Å². The molecule has 0 bridgehead atoms. The molecular weight excluding hydrogens is 240 g/mol. The summed E-state index contributed by atoms with van der Waals surface area (Å²) >= 11 is 0. The quantitative estimate of drug-likeness (QED) is 0.835. The summed E-state index contributed by atoms with van der Waals surface area (Å²) < 4.78 is 1.70. The predicted molar refractivity (Wildman–Crippen MR) is 70.2 cm³/mol. The minimum Gasteiger partial charge on any atom is -0.337 e. The number of benzene rings is 1. The second-order valence-electron chi connectivity index (χ2n) is 4.38. The normalized spacial score (nSPS) is 9.95. The Bertz CT molecular complexity index is 639. The molecule has 1 aromatic carbocycles. The molecule has 0 aliphatic rings. The third kappa shape index (κ3) is 2.99. The van der Waals surface area contributed by atoms with Crippen LogP contribution in [0.1, 0.15) is 21.5 Å². The van der Waals surface area contributed by atoms with Crippen LogP contribution in [0.3, 0.4) is 0 Å². The van der Waals surface area contributed by atoms with Crippen LogP contribution in [0, 0.1) is 11.3 Å².